The molecule has 3 N–H and O–H groups in total. The number of nitrogens with one attached hydrogen (secondary N) is 1. The Morgan fingerprint density at radius 2 is 2.15 bits per heavy atom. The first kappa shape index (κ1) is 15.3. The van der Waals surface area contributed by atoms with Gasteiger partial charge in [-0.05, 0) is 44.4 Å². The molecule has 1 aromatic rings. The number of hydrogen-bond donors (Lipinski definition) is 2. The second-order valence-corrected chi connectivity index (χ2v) is 7.10. The Labute approximate surface area is 121 Å². The maximum Gasteiger partial charge on any atom is 0.301 e. The lowest BCUT2D eigenvalue weighted by atomic mass is 10.1. The normalized spacial score (nSPS) is 22.4. The van der Waals surface area contributed by atoms with E-state index in [9.17, 15) is 8.42 Å². The Bertz CT molecular complexity index is 557. The van der Waals surface area contributed by atoms with E-state index in [1.807, 2.05) is 26.0 Å². The molecule has 0 radical (unpaired) electrons. The Morgan fingerprint density at radius 3 is 2.80 bits per heavy atom. The van der Waals surface area contributed by atoms with Gasteiger partial charge in [0.2, 0.25) is 0 Å². The zero-order valence-corrected chi connectivity index (χ0v) is 12.9. The zero-order valence-electron chi connectivity index (χ0n) is 12.0. The van der Waals surface area contributed by atoms with Gasteiger partial charge in [-0.25, -0.2) is 0 Å². The van der Waals surface area contributed by atoms with Crippen molar-refractivity contribution in [2.75, 3.05) is 11.3 Å². The predicted molar refractivity (Wildman–Crippen MR) is 81.6 cm³/mol. The van der Waals surface area contributed by atoms with E-state index in [1.54, 1.807) is 16.4 Å². The SMILES string of the molecule is CC(N)c1cccc(NS(=O)(=O)N2CCCCC2C)c1. The van der Waals surface area contributed by atoms with Gasteiger partial charge in [-0.15, -0.1) is 0 Å². The molecule has 1 heterocycles. The van der Waals surface area contributed by atoms with Gasteiger partial charge in [0.15, 0.2) is 0 Å². The van der Waals surface area contributed by atoms with Crippen LogP contribution in [0.5, 0.6) is 0 Å². The highest BCUT2D eigenvalue weighted by Crippen LogP contribution is 2.22. The van der Waals surface area contributed by atoms with Crippen LogP contribution in [0, 0.1) is 0 Å². The van der Waals surface area contributed by atoms with Crippen LogP contribution in [0.2, 0.25) is 0 Å². The molecule has 1 aliphatic rings. The minimum absolute atomic E-state index is 0.0536. The summed E-state index contributed by atoms with van der Waals surface area (Å²) >= 11 is 0. The number of piperidine rings is 1. The number of benzene rings is 1. The summed E-state index contributed by atoms with van der Waals surface area (Å²) in [6, 6.07) is 7.18. The van der Waals surface area contributed by atoms with E-state index in [2.05, 4.69) is 4.72 Å². The molecule has 0 saturated carbocycles. The Balaban J connectivity index is 2.17. The van der Waals surface area contributed by atoms with Gasteiger partial charge in [0.25, 0.3) is 0 Å². The van der Waals surface area contributed by atoms with Crippen molar-refractivity contribution in [3.63, 3.8) is 0 Å². The lowest BCUT2D eigenvalue weighted by molar-refractivity contribution is 0.270. The van der Waals surface area contributed by atoms with Gasteiger partial charge < -0.3 is 5.73 Å². The van der Waals surface area contributed by atoms with E-state index < -0.39 is 10.2 Å². The average molecular weight is 297 g/mol. The standard InChI is InChI=1S/C14H23N3O2S/c1-11-6-3-4-9-17(11)20(18,19)16-14-8-5-7-13(10-14)12(2)15/h5,7-8,10-12,16H,3-4,6,9,15H2,1-2H3. The van der Waals surface area contributed by atoms with Crippen LogP contribution < -0.4 is 10.5 Å². The number of hydrogen-bond acceptors (Lipinski definition) is 3. The van der Waals surface area contributed by atoms with Crippen LogP contribution in [0.3, 0.4) is 0 Å². The van der Waals surface area contributed by atoms with Gasteiger partial charge in [-0.1, -0.05) is 18.6 Å². The molecule has 0 aromatic heterocycles. The van der Waals surface area contributed by atoms with E-state index in [0.717, 1.165) is 24.8 Å². The third-order valence-electron chi connectivity index (χ3n) is 3.71. The van der Waals surface area contributed by atoms with Crippen molar-refractivity contribution in [2.24, 2.45) is 5.73 Å². The lowest BCUT2D eigenvalue weighted by Crippen LogP contribution is -2.44. The van der Waals surface area contributed by atoms with Crippen LogP contribution in [0.4, 0.5) is 5.69 Å². The van der Waals surface area contributed by atoms with E-state index in [-0.39, 0.29) is 12.1 Å². The predicted octanol–water partition coefficient (Wildman–Crippen LogP) is 2.24. The molecule has 2 rings (SSSR count). The molecule has 5 nitrogen and oxygen atoms in total. The fourth-order valence-electron chi connectivity index (χ4n) is 2.52. The topological polar surface area (TPSA) is 75.4 Å². The second-order valence-electron chi connectivity index (χ2n) is 5.48. The summed E-state index contributed by atoms with van der Waals surface area (Å²) in [4.78, 5) is 0. The highest BCUT2D eigenvalue weighted by atomic mass is 32.2. The first-order valence-corrected chi connectivity index (χ1v) is 8.49. The van der Waals surface area contributed by atoms with Crippen LogP contribution in [0.15, 0.2) is 24.3 Å². The summed E-state index contributed by atoms with van der Waals surface area (Å²) in [7, 11) is -3.49. The van der Waals surface area contributed by atoms with Crippen LogP contribution in [0.25, 0.3) is 0 Å². The van der Waals surface area contributed by atoms with E-state index >= 15 is 0 Å². The number of anilines is 1. The van der Waals surface area contributed by atoms with Gasteiger partial charge in [0.1, 0.15) is 0 Å². The molecule has 6 heteroatoms. The van der Waals surface area contributed by atoms with Crippen molar-refractivity contribution in [3.05, 3.63) is 29.8 Å². The molecule has 1 saturated heterocycles. The fourth-order valence-corrected chi connectivity index (χ4v) is 4.01. The quantitative estimate of drug-likeness (QED) is 0.895. The zero-order chi connectivity index (χ0) is 14.8. The molecule has 1 aromatic carbocycles. The van der Waals surface area contributed by atoms with Gasteiger partial charge in [0.05, 0.1) is 5.69 Å². The largest absolute Gasteiger partial charge is 0.324 e. The number of rotatable bonds is 4. The molecule has 0 bridgehead atoms. The van der Waals surface area contributed by atoms with Crippen LogP contribution in [0.1, 0.15) is 44.7 Å². The van der Waals surface area contributed by atoms with Crippen molar-refractivity contribution in [2.45, 2.75) is 45.2 Å². The van der Waals surface area contributed by atoms with Crippen molar-refractivity contribution in [1.29, 1.82) is 0 Å². The number of nitrogens with zero attached hydrogens (tertiary/aromatic N) is 1. The van der Waals surface area contributed by atoms with E-state index in [0.29, 0.717) is 12.2 Å². The summed E-state index contributed by atoms with van der Waals surface area (Å²) < 4.78 is 29.1. The molecular formula is C14H23N3O2S. The van der Waals surface area contributed by atoms with Crippen molar-refractivity contribution in [1.82, 2.24) is 4.31 Å². The second kappa shape index (κ2) is 6.11. The lowest BCUT2D eigenvalue weighted by Gasteiger charge is -2.32. The molecule has 1 fully saturated rings. The molecule has 112 valence electrons. The van der Waals surface area contributed by atoms with Gasteiger partial charge in [-0.2, -0.15) is 12.7 Å². The van der Waals surface area contributed by atoms with E-state index in [1.165, 1.54) is 0 Å². The van der Waals surface area contributed by atoms with Gasteiger partial charge in [0, 0.05) is 18.6 Å². The number of nitrogens with two attached hydrogens (primary N) is 1. The highest BCUT2D eigenvalue weighted by molar-refractivity contribution is 7.90. The van der Waals surface area contributed by atoms with Crippen LogP contribution in [-0.4, -0.2) is 25.3 Å². The monoisotopic (exact) mass is 297 g/mol. The molecule has 20 heavy (non-hydrogen) atoms. The van der Waals surface area contributed by atoms with E-state index in [4.69, 9.17) is 5.73 Å². The Kier molecular flexibility index (Phi) is 4.67. The summed E-state index contributed by atoms with van der Waals surface area (Å²) in [6.07, 6.45) is 2.93. The molecule has 0 spiro atoms. The van der Waals surface area contributed by atoms with Crippen molar-refractivity contribution in [3.8, 4) is 0 Å². The fraction of sp³-hybridized carbons (Fsp3) is 0.571. The Hall–Kier alpha value is -1.11. The Morgan fingerprint density at radius 1 is 1.40 bits per heavy atom. The third-order valence-corrected chi connectivity index (χ3v) is 5.36. The first-order valence-electron chi connectivity index (χ1n) is 7.05. The average Bonchev–Trinajstić information content (AvgIpc) is 2.38. The maximum absolute atomic E-state index is 12.4. The van der Waals surface area contributed by atoms with Crippen molar-refractivity contribution >= 4 is 15.9 Å². The van der Waals surface area contributed by atoms with Crippen molar-refractivity contribution < 1.29 is 8.42 Å². The summed E-state index contributed by atoms with van der Waals surface area (Å²) in [5, 5.41) is 0. The van der Waals surface area contributed by atoms with Gasteiger partial charge >= 0.3 is 10.2 Å². The molecule has 0 aliphatic carbocycles. The summed E-state index contributed by atoms with van der Waals surface area (Å²) in [6.45, 7) is 4.42. The summed E-state index contributed by atoms with van der Waals surface area (Å²) in [5.74, 6) is 0. The van der Waals surface area contributed by atoms with Crippen LogP contribution >= 0.6 is 0 Å². The minimum Gasteiger partial charge on any atom is -0.324 e. The van der Waals surface area contributed by atoms with Crippen LogP contribution in [-0.2, 0) is 10.2 Å². The molecular weight excluding hydrogens is 274 g/mol. The van der Waals surface area contributed by atoms with Gasteiger partial charge in [-0.3, -0.25) is 4.72 Å². The molecule has 2 unspecified atom stereocenters. The molecule has 2 atom stereocenters. The molecule has 0 amide bonds. The molecule has 1 aliphatic heterocycles. The summed E-state index contributed by atoms with van der Waals surface area (Å²) in [5.41, 5.74) is 7.30. The third kappa shape index (κ3) is 3.50. The first-order chi connectivity index (χ1) is 9.40. The minimum atomic E-state index is -3.49. The maximum atomic E-state index is 12.4. The highest BCUT2D eigenvalue weighted by Gasteiger charge is 2.29. The smallest absolute Gasteiger partial charge is 0.301 e.